The highest BCUT2D eigenvalue weighted by Crippen LogP contribution is 2.10. The van der Waals surface area contributed by atoms with E-state index in [1.807, 2.05) is 34.6 Å². The maximum atomic E-state index is 12.0. The van der Waals surface area contributed by atoms with Gasteiger partial charge in [-0.2, -0.15) is 0 Å². The van der Waals surface area contributed by atoms with Crippen LogP contribution in [0.5, 0.6) is 0 Å². The summed E-state index contributed by atoms with van der Waals surface area (Å²) in [6.45, 7) is 18.4. The molecule has 0 aromatic heterocycles. The number of esters is 1. The highest BCUT2D eigenvalue weighted by Gasteiger charge is 2.23. The van der Waals surface area contributed by atoms with Crippen molar-refractivity contribution in [2.75, 3.05) is 13.1 Å². The summed E-state index contributed by atoms with van der Waals surface area (Å²) in [6.07, 6.45) is 2.75. The van der Waals surface area contributed by atoms with Gasteiger partial charge in [-0.05, 0) is 34.1 Å². The smallest absolute Gasteiger partial charge is 0.306 e. The zero-order valence-electron chi connectivity index (χ0n) is 22.4. The van der Waals surface area contributed by atoms with E-state index < -0.39 is 12.1 Å². The van der Waals surface area contributed by atoms with Crippen molar-refractivity contribution in [3.8, 4) is 0 Å². The highest BCUT2D eigenvalue weighted by atomic mass is 16.5. The summed E-state index contributed by atoms with van der Waals surface area (Å²) >= 11 is 0. The minimum atomic E-state index is -0.839. The van der Waals surface area contributed by atoms with Crippen LogP contribution in [0.25, 0.3) is 0 Å². The van der Waals surface area contributed by atoms with Crippen molar-refractivity contribution < 1.29 is 28.7 Å². The zero-order chi connectivity index (χ0) is 26.7. The lowest BCUT2D eigenvalue weighted by Crippen LogP contribution is -2.42. The molecule has 0 atom stereocenters. The van der Waals surface area contributed by atoms with Gasteiger partial charge in [-0.1, -0.05) is 34.6 Å². The van der Waals surface area contributed by atoms with Crippen LogP contribution in [0.4, 0.5) is 0 Å². The predicted octanol–water partition coefficient (Wildman–Crippen LogP) is 4.43. The second kappa shape index (κ2) is 19.9. The number of carbonyl (C=O) groups excluding carboxylic acids is 5. The van der Waals surface area contributed by atoms with E-state index in [-0.39, 0.29) is 42.9 Å². The molecular weight excluding hydrogens is 424 g/mol. The Kier molecular flexibility index (Phi) is 21.0. The summed E-state index contributed by atoms with van der Waals surface area (Å²) in [5, 5.41) is 0. The molecule has 0 aromatic rings. The van der Waals surface area contributed by atoms with Crippen LogP contribution in [0, 0.1) is 0 Å². The number of hydrogen-bond acceptors (Lipinski definition) is 6. The second-order valence-electron chi connectivity index (χ2n) is 6.94. The molecule has 0 aromatic carbocycles. The van der Waals surface area contributed by atoms with E-state index in [0.29, 0.717) is 17.6 Å². The molecule has 8 nitrogen and oxygen atoms in total. The minimum Gasteiger partial charge on any atom is -0.459 e. The van der Waals surface area contributed by atoms with Gasteiger partial charge in [0.1, 0.15) is 6.10 Å². The van der Waals surface area contributed by atoms with Crippen LogP contribution in [0.1, 0.15) is 89.0 Å². The number of ether oxygens (including phenoxy) is 1. The summed E-state index contributed by atoms with van der Waals surface area (Å²) in [4.78, 5) is 61.7. The lowest BCUT2D eigenvalue weighted by atomic mass is 10.2. The van der Waals surface area contributed by atoms with Crippen molar-refractivity contribution in [3.05, 3.63) is 23.5 Å². The Morgan fingerprint density at radius 1 is 0.697 bits per heavy atom. The molecule has 0 aliphatic heterocycles. The van der Waals surface area contributed by atoms with E-state index >= 15 is 0 Å². The third kappa shape index (κ3) is 16.5. The number of nitrogens with zero attached hydrogens (tertiary/aromatic N) is 2. The van der Waals surface area contributed by atoms with Crippen molar-refractivity contribution in [2.45, 2.75) is 95.1 Å². The third-order valence-corrected chi connectivity index (χ3v) is 4.17. The van der Waals surface area contributed by atoms with E-state index in [4.69, 9.17) is 4.74 Å². The average molecular weight is 469 g/mol. The fraction of sp³-hybridized carbons (Fsp3) is 0.640. The molecule has 0 aliphatic rings. The number of carbonyl (C=O) groups is 5. The van der Waals surface area contributed by atoms with E-state index in [1.54, 1.807) is 13.8 Å². The van der Waals surface area contributed by atoms with Gasteiger partial charge in [0.05, 0.1) is 13.1 Å². The molecule has 190 valence electrons. The average Bonchev–Trinajstić information content (AvgIpc) is 2.75. The van der Waals surface area contributed by atoms with Crippen LogP contribution in [-0.2, 0) is 28.7 Å². The lowest BCUT2D eigenvalue weighted by molar-refractivity contribution is -0.153. The first kappa shape index (κ1) is 34.8. The molecule has 0 saturated carbocycles. The summed E-state index contributed by atoms with van der Waals surface area (Å²) in [7, 11) is 0. The van der Waals surface area contributed by atoms with Crippen molar-refractivity contribution in [1.29, 1.82) is 0 Å². The number of amides is 2. The lowest BCUT2D eigenvalue weighted by Gasteiger charge is -2.28. The molecule has 0 rings (SSSR count). The molecule has 0 spiro atoms. The fourth-order valence-corrected chi connectivity index (χ4v) is 2.21. The van der Waals surface area contributed by atoms with Gasteiger partial charge in [-0.3, -0.25) is 24.0 Å². The van der Waals surface area contributed by atoms with Gasteiger partial charge < -0.3 is 14.5 Å². The predicted molar refractivity (Wildman–Crippen MR) is 131 cm³/mol. The van der Waals surface area contributed by atoms with Gasteiger partial charge in [0.15, 0.2) is 11.6 Å². The van der Waals surface area contributed by atoms with Crippen molar-refractivity contribution in [2.24, 2.45) is 0 Å². The minimum absolute atomic E-state index is 0.0356. The first-order valence-corrected chi connectivity index (χ1v) is 11.5. The van der Waals surface area contributed by atoms with Crippen LogP contribution in [-0.4, -0.2) is 58.3 Å². The Hall–Kier alpha value is -2.77. The topological polar surface area (TPSA) is 101 Å². The molecule has 0 N–H and O–H groups in total. The molecule has 2 amide bonds. The summed E-state index contributed by atoms with van der Waals surface area (Å²) in [6, 6.07) is 0. The monoisotopic (exact) mass is 468 g/mol. The fourth-order valence-electron chi connectivity index (χ4n) is 2.21. The summed E-state index contributed by atoms with van der Waals surface area (Å²) in [5.74, 6) is -1.52. The normalized spacial score (nSPS) is 11.6. The SMILES string of the molecule is CC.CC.CCCC(=O)OC(CN(C=C(C)C(C)=O)C(C)=O)CN(C=C(C)C(C)=O)C(C)=O. The van der Waals surface area contributed by atoms with Crippen LogP contribution in [0.15, 0.2) is 23.5 Å². The first-order valence-electron chi connectivity index (χ1n) is 11.5. The molecule has 0 unspecified atom stereocenters. The van der Waals surface area contributed by atoms with Gasteiger partial charge in [0, 0.05) is 43.8 Å². The second-order valence-corrected chi connectivity index (χ2v) is 6.94. The number of ketones is 2. The largest absolute Gasteiger partial charge is 0.459 e. The summed E-state index contributed by atoms with van der Waals surface area (Å²) in [5.41, 5.74) is 0.740. The molecule has 0 bridgehead atoms. The third-order valence-electron chi connectivity index (χ3n) is 4.17. The Morgan fingerprint density at radius 2 is 1.03 bits per heavy atom. The Labute approximate surface area is 200 Å². The van der Waals surface area contributed by atoms with E-state index in [0.717, 1.165) is 0 Å². The molecule has 0 heterocycles. The van der Waals surface area contributed by atoms with Gasteiger partial charge in [0.25, 0.3) is 0 Å². The number of allylic oxidation sites excluding steroid dienone is 2. The van der Waals surface area contributed by atoms with Gasteiger partial charge in [0.2, 0.25) is 11.8 Å². The zero-order valence-corrected chi connectivity index (χ0v) is 22.4. The maximum absolute atomic E-state index is 12.0. The number of hydrogen-bond donors (Lipinski definition) is 0. The van der Waals surface area contributed by atoms with Crippen LogP contribution >= 0.6 is 0 Å². The van der Waals surface area contributed by atoms with E-state index in [1.165, 1.54) is 49.9 Å². The Morgan fingerprint density at radius 3 is 1.27 bits per heavy atom. The molecule has 0 fully saturated rings. The molecule has 8 heteroatoms. The maximum Gasteiger partial charge on any atom is 0.306 e. The number of Topliss-reactive ketones (excluding diaryl/α,β-unsaturated/α-hetero) is 2. The van der Waals surface area contributed by atoms with Crippen LogP contribution in [0.3, 0.4) is 0 Å². The summed E-state index contributed by atoms with van der Waals surface area (Å²) < 4.78 is 5.48. The quantitative estimate of drug-likeness (QED) is 0.328. The van der Waals surface area contributed by atoms with Crippen molar-refractivity contribution in [1.82, 2.24) is 9.80 Å². The molecule has 33 heavy (non-hydrogen) atoms. The Bertz CT molecular complexity index is 660. The molecule has 0 radical (unpaired) electrons. The highest BCUT2D eigenvalue weighted by molar-refractivity contribution is 5.93. The standard InChI is InChI=1S/C21H32N2O6.2C2H6/c1-8-9-21(28)29-20(12-22(18(6)26)10-14(2)16(4)24)13-23(19(7)27)11-15(3)17(5)25;2*1-2/h10-11,20H,8-9,12-13H2,1-7H3;2*1-2H3. The molecule has 0 aliphatic carbocycles. The molecular formula is C25H44N2O6. The van der Waals surface area contributed by atoms with E-state index in [2.05, 4.69) is 0 Å². The Balaban J connectivity index is -0.00000212. The van der Waals surface area contributed by atoms with Crippen LogP contribution in [0.2, 0.25) is 0 Å². The van der Waals surface area contributed by atoms with Crippen LogP contribution < -0.4 is 0 Å². The first-order chi connectivity index (χ1) is 15.4. The van der Waals surface area contributed by atoms with Crippen molar-refractivity contribution >= 4 is 29.4 Å². The van der Waals surface area contributed by atoms with E-state index in [9.17, 15) is 24.0 Å². The van der Waals surface area contributed by atoms with Gasteiger partial charge in [-0.15, -0.1) is 0 Å². The van der Waals surface area contributed by atoms with Gasteiger partial charge >= 0.3 is 5.97 Å². The molecule has 0 saturated heterocycles. The number of rotatable bonds is 11. The van der Waals surface area contributed by atoms with Crippen molar-refractivity contribution in [3.63, 3.8) is 0 Å². The van der Waals surface area contributed by atoms with Gasteiger partial charge in [-0.25, -0.2) is 0 Å².